The van der Waals surface area contributed by atoms with Gasteiger partial charge in [0.1, 0.15) is 23.1 Å². The van der Waals surface area contributed by atoms with Crippen LogP contribution < -0.4 is 14.8 Å². The zero-order chi connectivity index (χ0) is 19.8. The summed E-state index contributed by atoms with van der Waals surface area (Å²) in [6.45, 7) is 3.41. The molecular formula is C21H21ClN2O3S. The number of benzene rings is 2. The van der Waals surface area contributed by atoms with Crippen LogP contribution in [-0.4, -0.2) is 30.6 Å². The molecule has 0 radical (unpaired) electrons. The number of halogens is 1. The third-order valence-corrected chi connectivity index (χ3v) is 5.00. The summed E-state index contributed by atoms with van der Waals surface area (Å²) < 4.78 is 11.0. The third-order valence-electron chi connectivity index (χ3n) is 3.81. The van der Waals surface area contributed by atoms with Gasteiger partial charge in [-0.3, -0.25) is 4.79 Å². The largest absolute Gasteiger partial charge is 0.494 e. The van der Waals surface area contributed by atoms with E-state index >= 15 is 0 Å². The molecule has 28 heavy (non-hydrogen) atoms. The quantitative estimate of drug-likeness (QED) is 0.518. The number of ether oxygens (including phenoxy) is 2. The lowest BCUT2D eigenvalue weighted by atomic mass is 10.2. The molecule has 1 heterocycles. The molecule has 0 fully saturated rings. The number of carbonyl (C=O) groups is 1. The average Bonchev–Trinajstić information content (AvgIpc) is 3.16. The fraction of sp³-hybridized carbons (Fsp3) is 0.238. The first kappa shape index (κ1) is 20.2. The number of rotatable bonds is 9. The summed E-state index contributed by atoms with van der Waals surface area (Å²) in [7, 11) is 0. The first-order valence-electron chi connectivity index (χ1n) is 8.96. The van der Waals surface area contributed by atoms with E-state index in [-0.39, 0.29) is 12.3 Å². The molecule has 3 aromatic rings. The van der Waals surface area contributed by atoms with E-state index in [9.17, 15) is 4.79 Å². The van der Waals surface area contributed by atoms with E-state index in [0.29, 0.717) is 24.8 Å². The number of nitrogens with zero attached hydrogens (tertiary/aromatic N) is 1. The first-order valence-corrected chi connectivity index (χ1v) is 10.2. The second-order valence-electron chi connectivity index (χ2n) is 5.93. The van der Waals surface area contributed by atoms with Crippen molar-refractivity contribution in [3.63, 3.8) is 0 Å². The fourth-order valence-electron chi connectivity index (χ4n) is 2.50. The van der Waals surface area contributed by atoms with Gasteiger partial charge in [-0.1, -0.05) is 11.6 Å². The Morgan fingerprint density at radius 1 is 1.07 bits per heavy atom. The van der Waals surface area contributed by atoms with Gasteiger partial charge in [0.05, 0.1) is 25.3 Å². The third kappa shape index (κ3) is 5.97. The van der Waals surface area contributed by atoms with E-state index in [1.165, 1.54) is 11.3 Å². The van der Waals surface area contributed by atoms with Gasteiger partial charge >= 0.3 is 0 Å². The van der Waals surface area contributed by atoms with Crippen LogP contribution in [0.4, 0.5) is 0 Å². The number of thiazole rings is 1. The van der Waals surface area contributed by atoms with E-state index in [0.717, 1.165) is 27.8 Å². The molecule has 3 rings (SSSR count). The van der Waals surface area contributed by atoms with Gasteiger partial charge < -0.3 is 14.8 Å². The van der Waals surface area contributed by atoms with Crippen molar-refractivity contribution in [1.29, 1.82) is 0 Å². The predicted octanol–water partition coefficient (Wildman–Crippen LogP) is 4.60. The van der Waals surface area contributed by atoms with Crippen LogP contribution in [0.1, 0.15) is 12.6 Å². The lowest BCUT2D eigenvalue weighted by Gasteiger charge is -2.07. The van der Waals surface area contributed by atoms with E-state index in [4.69, 9.17) is 21.1 Å². The molecule has 0 saturated carbocycles. The highest BCUT2D eigenvalue weighted by molar-refractivity contribution is 7.13. The highest BCUT2D eigenvalue weighted by Gasteiger charge is 2.09. The van der Waals surface area contributed by atoms with Crippen molar-refractivity contribution in [2.24, 2.45) is 0 Å². The summed E-state index contributed by atoms with van der Waals surface area (Å²) in [5.41, 5.74) is 1.77. The van der Waals surface area contributed by atoms with Gasteiger partial charge in [-0.25, -0.2) is 4.98 Å². The molecule has 0 unspecified atom stereocenters. The van der Waals surface area contributed by atoms with Crippen molar-refractivity contribution in [3.8, 4) is 22.1 Å². The standard InChI is InChI=1S/C21H21ClN2O3S/c1-2-26-18-7-3-15(4-8-18)21-24-17(14-28-21)13-20(25)23-11-12-27-19-9-5-16(22)6-10-19/h3-10,14H,2,11-13H2,1H3,(H,23,25). The minimum absolute atomic E-state index is 0.0803. The Labute approximate surface area is 173 Å². The van der Waals surface area contributed by atoms with Gasteiger partial charge in [-0.05, 0) is 55.5 Å². The lowest BCUT2D eigenvalue weighted by Crippen LogP contribution is -2.29. The summed E-state index contributed by atoms with van der Waals surface area (Å²) in [6, 6.07) is 14.9. The monoisotopic (exact) mass is 416 g/mol. The molecule has 146 valence electrons. The molecule has 5 nitrogen and oxygen atoms in total. The van der Waals surface area contributed by atoms with E-state index in [2.05, 4.69) is 10.3 Å². The zero-order valence-corrected chi connectivity index (χ0v) is 17.1. The maximum absolute atomic E-state index is 12.1. The zero-order valence-electron chi connectivity index (χ0n) is 15.5. The Morgan fingerprint density at radius 3 is 2.46 bits per heavy atom. The number of aromatic nitrogens is 1. The van der Waals surface area contributed by atoms with E-state index in [1.807, 2.05) is 36.6 Å². The van der Waals surface area contributed by atoms with Crippen LogP contribution in [0.15, 0.2) is 53.9 Å². The van der Waals surface area contributed by atoms with Crippen molar-refractivity contribution in [1.82, 2.24) is 10.3 Å². The van der Waals surface area contributed by atoms with Gasteiger partial charge in [0.15, 0.2) is 0 Å². The molecule has 0 spiro atoms. The molecule has 0 aliphatic rings. The Morgan fingerprint density at radius 2 is 1.75 bits per heavy atom. The number of carbonyl (C=O) groups excluding carboxylic acids is 1. The van der Waals surface area contributed by atoms with Crippen molar-refractivity contribution >= 4 is 28.8 Å². The molecule has 1 amide bonds. The smallest absolute Gasteiger partial charge is 0.226 e. The Kier molecular flexibility index (Phi) is 7.28. The fourth-order valence-corrected chi connectivity index (χ4v) is 3.45. The summed E-state index contributed by atoms with van der Waals surface area (Å²) in [5.74, 6) is 1.48. The second-order valence-corrected chi connectivity index (χ2v) is 7.23. The van der Waals surface area contributed by atoms with Crippen LogP contribution >= 0.6 is 22.9 Å². The topological polar surface area (TPSA) is 60.5 Å². The summed E-state index contributed by atoms with van der Waals surface area (Å²) in [4.78, 5) is 16.6. The van der Waals surface area contributed by atoms with Gasteiger partial charge in [0, 0.05) is 16.0 Å². The predicted molar refractivity (Wildman–Crippen MR) is 112 cm³/mol. The highest BCUT2D eigenvalue weighted by atomic mass is 35.5. The molecule has 7 heteroatoms. The van der Waals surface area contributed by atoms with Crippen LogP contribution in [0.3, 0.4) is 0 Å². The Balaban J connectivity index is 1.43. The van der Waals surface area contributed by atoms with Crippen LogP contribution in [0.5, 0.6) is 11.5 Å². The Hall–Kier alpha value is -2.57. The second kappa shape index (κ2) is 10.1. The van der Waals surface area contributed by atoms with Crippen LogP contribution in [-0.2, 0) is 11.2 Å². The van der Waals surface area contributed by atoms with E-state index < -0.39 is 0 Å². The highest BCUT2D eigenvalue weighted by Crippen LogP contribution is 2.26. The molecule has 0 aliphatic heterocycles. The number of hydrogen-bond acceptors (Lipinski definition) is 5. The summed E-state index contributed by atoms with van der Waals surface area (Å²) >= 11 is 7.35. The molecule has 2 aromatic carbocycles. The van der Waals surface area contributed by atoms with Gasteiger partial charge in [-0.2, -0.15) is 0 Å². The lowest BCUT2D eigenvalue weighted by molar-refractivity contribution is -0.120. The van der Waals surface area contributed by atoms with Crippen LogP contribution in [0.25, 0.3) is 10.6 Å². The van der Waals surface area contributed by atoms with Crippen molar-refractivity contribution < 1.29 is 14.3 Å². The molecule has 1 N–H and O–H groups in total. The summed E-state index contributed by atoms with van der Waals surface area (Å²) in [5, 5.41) is 6.30. The number of hydrogen-bond donors (Lipinski definition) is 1. The molecule has 0 bridgehead atoms. The number of amides is 1. The van der Waals surface area contributed by atoms with Crippen LogP contribution in [0, 0.1) is 0 Å². The molecule has 0 aliphatic carbocycles. The molecule has 0 atom stereocenters. The number of nitrogens with one attached hydrogen (secondary N) is 1. The minimum atomic E-state index is -0.0803. The van der Waals surface area contributed by atoms with Crippen molar-refractivity contribution in [2.75, 3.05) is 19.8 Å². The average molecular weight is 417 g/mol. The Bertz CT molecular complexity index is 895. The normalized spacial score (nSPS) is 10.5. The first-order chi connectivity index (χ1) is 13.6. The molecule has 1 aromatic heterocycles. The van der Waals surface area contributed by atoms with Crippen molar-refractivity contribution in [3.05, 3.63) is 64.6 Å². The minimum Gasteiger partial charge on any atom is -0.494 e. The molecular weight excluding hydrogens is 396 g/mol. The van der Waals surface area contributed by atoms with Crippen molar-refractivity contribution in [2.45, 2.75) is 13.3 Å². The van der Waals surface area contributed by atoms with Gasteiger partial charge in [0.2, 0.25) is 5.91 Å². The SMILES string of the molecule is CCOc1ccc(-c2nc(CC(=O)NCCOc3ccc(Cl)cc3)cs2)cc1. The van der Waals surface area contributed by atoms with Gasteiger partial charge in [-0.15, -0.1) is 11.3 Å². The van der Waals surface area contributed by atoms with Gasteiger partial charge in [0.25, 0.3) is 0 Å². The maximum atomic E-state index is 12.1. The van der Waals surface area contributed by atoms with Crippen LogP contribution in [0.2, 0.25) is 5.02 Å². The molecule has 0 saturated heterocycles. The summed E-state index contributed by atoms with van der Waals surface area (Å²) in [6.07, 6.45) is 0.245. The van der Waals surface area contributed by atoms with E-state index in [1.54, 1.807) is 24.3 Å². The maximum Gasteiger partial charge on any atom is 0.226 e.